The number of ether oxygens (including phenoxy) is 1. The Hall–Kier alpha value is -5.24. The molecule has 200 valence electrons. The molecule has 8 heteroatoms. The third-order valence-electron chi connectivity index (χ3n) is 6.66. The molecule has 40 heavy (non-hydrogen) atoms. The molecule has 1 saturated heterocycles. The van der Waals surface area contributed by atoms with Crippen molar-refractivity contribution in [2.75, 3.05) is 16.4 Å². The quantitative estimate of drug-likeness (QED) is 0.176. The summed E-state index contributed by atoms with van der Waals surface area (Å²) in [5.41, 5.74) is 3.94. The van der Waals surface area contributed by atoms with Crippen LogP contribution in [0.4, 0.5) is 16.2 Å². The minimum Gasteiger partial charge on any atom is -0.462 e. The van der Waals surface area contributed by atoms with Crippen molar-refractivity contribution >= 4 is 41.3 Å². The predicted octanol–water partition coefficient (Wildman–Crippen LogP) is 5.85. The van der Waals surface area contributed by atoms with Crippen LogP contribution in [0, 0.1) is 13.8 Å². The fourth-order valence-electron chi connectivity index (χ4n) is 4.81. The summed E-state index contributed by atoms with van der Waals surface area (Å²) in [7, 11) is 0. The monoisotopic (exact) mass is 533 g/mol. The van der Waals surface area contributed by atoms with Crippen LogP contribution < -0.4 is 9.80 Å². The van der Waals surface area contributed by atoms with Gasteiger partial charge < -0.3 is 9.30 Å². The molecule has 8 nitrogen and oxygen atoms in total. The predicted molar refractivity (Wildman–Crippen MR) is 152 cm³/mol. The second-order valence-electron chi connectivity index (χ2n) is 9.23. The lowest BCUT2D eigenvalue weighted by atomic mass is 10.0. The molecule has 0 radical (unpaired) electrons. The van der Waals surface area contributed by atoms with Gasteiger partial charge in [-0.15, -0.1) is 0 Å². The molecule has 3 aromatic carbocycles. The van der Waals surface area contributed by atoms with Gasteiger partial charge in [-0.1, -0.05) is 42.5 Å². The summed E-state index contributed by atoms with van der Waals surface area (Å²) < 4.78 is 7.07. The Balaban J connectivity index is 1.61. The van der Waals surface area contributed by atoms with E-state index in [0.29, 0.717) is 22.5 Å². The number of urea groups is 1. The van der Waals surface area contributed by atoms with Gasteiger partial charge in [-0.25, -0.2) is 19.4 Å². The summed E-state index contributed by atoms with van der Waals surface area (Å²) in [5.74, 6) is -1.83. The Kier molecular flexibility index (Phi) is 7.16. The Labute approximate surface area is 231 Å². The molecular formula is C32H27N3O5. The van der Waals surface area contributed by atoms with Gasteiger partial charge in [0.2, 0.25) is 0 Å². The van der Waals surface area contributed by atoms with Crippen LogP contribution in [0.1, 0.15) is 34.2 Å². The molecule has 1 aliphatic rings. The van der Waals surface area contributed by atoms with Gasteiger partial charge in [-0.05, 0) is 80.9 Å². The van der Waals surface area contributed by atoms with E-state index in [1.165, 1.54) is 6.08 Å². The smallest absolute Gasteiger partial charge is 0.343 e. The zero-order valence-corrected chi connectivity index (χ0v) is 22.3. The van der Waals surface area contributed by atoms with E-state index < -0.39 is 23.8 Å². The lowest BCUT2D eigenvalue weighted by Crippen LogP contribution is -2.57. The summed E-state index contributed by atoms with van der Waals surface area (Å²) in [4.78, 5) is 55.3. The number of hydrogen-bond acceptors (Lipinski definition) is 5. The van der Waals surface area contributed by atoms with E-state index in [2.05, 4.69) is 0 Å². The molecule has 4 amide bonds. The maximum atomic E-state index is 13.7. The molecule has 0 bridgehead atoms. The van der Waals surface area contributed by atoms with Crippen molar-refractivity contribution in [1.29, 1.82) is 0 Å². The van der Waals surface area contributed by atoms with E-state index in [1.807, 2.05) is 30.5 Å². The molecule has 1 aliphatic heterocycles. The molecule has 0 saturated carbocycles. The minimum atomic E-state index is -0.745. The lowest BCUT2D eigenvalue weighted by molar-refractivity contribution is -0.121. The van der Waals surface area contributed by atoms with Crippen LogP contribution in [0.15, 0.2) is 96.6 Å². The summed E-state index contributed by atoms with van der Waals surface area (Å²) >= 11 is 0. The summed E-state index contributed by atoms with van der Waals surface area (Å²) in [6.45, 7) is 5.78. The van der Waals surface area contributed by atoms with Gasteiger partial charge in [0.05, 0.1) is 23.5 Å². The van der Waals surface area contributed by atoms with Gasteiger partial charge in [0.15, 0.2) is 0 Å². The number of nitrogens with zero attached hydrogens (tertiary/aromatic N) is 3. The van der Waals surface area contributed by atoms with E-state index >= 15 is 0 Å². The van der Waals surface area contributed by atoms with E-state index in [4.69, 9.17) is 4.74 Å². The number of hydrogen-bond donors (Lipinski definition) is 0. The zero-order valence-electron chi connectivity index (χ0n) is 22.3. The number of aromatic nitrogens is 1. The van der Waals surface area contributed by atoms with Crippen molar-refractivity contribution < 1.29 is 23.9 Å². The van der Waals surface area contributed by atoms with Crippen LogP contribution in [0.2, 0.25) is 0 Å². The maximum Gasteiger partial charge on any atom is 0.343 e. The summed E-state index contributed by atoms with van der Waals surface area (Å²) in [5, 5.41) is 0. The number of barbiturate groups is 1. The van der Waals surface area contributed by atoms with Gasteiger partial charge >= 0.3 is 12.0 Å². The number of anilines is 2. The number of aryl methyl sites for hydroxylation is 1. The van der Waals surface area contributed by atoms with Crippen molar-refractivity contribution in [2.24, 2.45) is 0 Å². The van der Waals surface area contributed by atoms with Crippen LogP contribution in [0.5, 0.6) is 0 Å². The standard InChI is InChI=1S/C32H27N3O5/c1-4-40-31(38)23-12-11-17-27(19-23)33-21(2)18-24(22(33)3)20-28-29(36)34(25-13-7-5-8-14-25)32(39)35(30(28)37)26-15-9-6-10-16-26/h5-20H,4H2,1-3H3. The molecule has 1 aromatic heterocycles. The SMILES string of the molecule is CCOC(=O)c1cccc(-n2c(C)cc(C=C3C(=O)N(c4ccccc4)C(=O)N(c4ccccc4)C3=O)c2C)c1. The van der Waals surface area contributed by atoms with E-state index in [0.717, 1.165) is 26.9 Å². The summed E-state index contributed by atoms with van der Waals surface area (Å²) in [6.07, 6.45) is 1.52. The zero-order chi connectivity index (χ0) is 28.4. The summed E-state index contributed by atoms with van der Waals surface area (Å²) in [6, 6.07) is 25.2. The average Bonchev–Trinajstić information content (AvgIpc) is 3.24. The van der Waals surface area contributed by atoms with E-state index in [-0.39, 0.29) is 12.2 Å². The van der Waals surface area contributed by atoms with Gasteiger partial charge in [-0.3, -0.25) is 9.59 Å². The van der Waals surface area contributed by atoms with Crippen molar-refractivity contribution in [3.8, 4) is 5.69 Å². The number of amides is 4. The Morgan fingerprint density at radius 3 is 1.85 bits per heavy atom. The number of imide groups is 2. The lowest BCUT2D eigenvalue weighted by Gasteiger charge is -2.33. The third-order valence-corrected chi connectivity index (χ3v) is 6.66. The number of benzene rings is 3. The number of carbonyl (C=O) groups excluding carboxylic acids is 4. The molecule has 5 rings (SSSR count). The fraction of sp³-hybridized carbons (Fsp3) is 0.125. The number of carbonyl (C=O) groups is 4. The highest BCUT2D eigenvalue weighted by molar-refractivity contribution is 6.46. The van der Waals surface area contributed by atoms with Crippen LogP contribution in [0.25, 0.3) is 11.8 Å². The van der Waals surface area contributed by atoms with Crippen molar-refractivity contribution in [2.45, 2.75) is 20.8 Å². The van der Waals surface area contributed by atoms with Crippen molar-refractivity contribution in [1.82, 2.24) is 4.57 Å². The topological polar surface area (TPSA) is 88.9 Å². The Bertz CT molecular complexity index is 1590. The molecule has 0 spiro atoms. The number of para-hydroxylation sites is 2. The van der Waals surface area contributed by atoms with Crippen LogP contribution in [-0.2, 0) is 14.3 Å². The van der Waals surface area contributed by atoms with Crippen molar-refractivity contribution in [3.63, 3.8) is 0 Å². The normalized spacial score (nSPS) is 13.6. The first-order chi connectivity index (χ1) is 19.3. The first kappa shape index (κ1) is 26.4. The molecule has 4 aromatic rings. The van der Waals surface area contributed by atoms with Crippen LogP contribution in [0.3, 0.4) is 0 Å². The second kappa shape index (κ2) is 10.9. The largest absolute Gasteiger partial charge is 0.462 e. The van der Waals surface area contributed by atoms with Crippen LogP contribution >= 0.6 is 0 Å². The second-order valence-corrected chi connectivity index (χ2v) is 9.23. The third kappa shape index (κ3) is 4.71. The number of rotatable bonds is 6. The fourth-order valence-corrected chi connectivity index (χ4v) is 4.81. The molecule has 0 atom stereocenters. The van der Waals surface area contributed by atoms with Gasteiger partial charge in [-0.2, -0.15) is 0 Å². The van der Waals surface area contributed by atoms with E-state index in [1.54, 1.807) is 85.8 Å². The van der Waals surface area contributed by atoms with Gasteiger partial charge in [0, 0.05) is 17.1 Å². The molecule has 1 fully saturated rings. The maximum absolute atomic E-state index is 13.7. The highest BCUT2D eigenvalue weighted by Gasteiger charge is 2.43. The molecule has 0 aliphatic carbocycles. The first-order valence-corrected chi connectivity index (χ1v) is 12.8. The number of esters is 1. The van der Waals surface area contributed by atoms with Gasteiger partial charge in [0.1, 0.15) is 5.57 Å². The average molecular weight is 534 g/mol. The highest BCUT2D eigenvalue weighted by atomic mass is 16.5. The Morgan fingerprint density at radius 2 is 1.30 bits per heavy atom. The highest BCUT2D eigenvalue weighted by Crippen LogP contribution is 2.31. The molecule has 2 heterocycles. The van der Waals surface area contributed by atoms with Crippen LogP contribution in [-0.4, -0.2) is 35.0 Å². The van der Waals surface area contributed by atoms with Gasteiger partial charge in [0.25, 0.3) is 11.8 Å². The van der Waals surface area contributed by atoms with Crippen molar-refractivity contribution in [3.05, 3.63) is 119 Å². The van der Waals surface area contributed by atoms with E-state index in [9.17, 15) is 19.2 Å². The Morgan fingerprint density at radius 1 is 0.750 bits per heavy atom. The minimum absolute atomic E-state index is 0.146. The molecule has 0 N–H and O–H groups in total. The molecular weight excluding hydrogens is 506 g/mol. The molecule has 0 unspecified atom stereocenters. The first-order valence-electron chi connectivity index (χ1n) is 12.8.